The lowest BCUT2D eigenvalue weighted by Crippen LogP contribution is -2.34. The Balaban J connectivity index is 1.81. The molecule has 0 aromatic rings. The SMILES string of the molecule is CC(C)C(=O)OC1C2CC3C1CS(=O)(=O)C3C2. The zero-order chi connectivity index (χ0) is 12.4. The Hall–Kier alpha value is -0.580. The van der Waals surface area contributed by atoms with Crippen LogP contribution in [-0.4, -0.2) is 31.5 Å². The largest absolute Gasteiger partial charge is 0.462 e. The van der Waals surface area contributed by atoms with Crippen molar-refractivity contribution in [3.63, 3.8) is 0 Å². The van der Waals surface area contributed by atoms with Crippen molar-refractivity contribution in [1.29, 1.82) is 0 Å². The molecule has 2 aliphatic carbocycles. The van der Waals surface area contributed by atoms with E-state index in [0.29, 0.717) is 6.42 Å². The standard InChI is InChI=1S/C12H18O4S/c1-6(2)12(13)16-11-7-3-8-9(11)5-17(14,15)10(8)4-7/h6-11H,3-5H2,1-2H3. The van der Waals surface area contributed by atoms with Crippen molar-refractivity contribution in [3.05, 3.63) is 0 Å². The molecule has 0 spiro atoms. The van der Waals surface area contributed by atoms with E-state index < -0.39 is 9.84 Å². The van der Waals surface area contributed by atoms with E-state index in [1.54, 1.807) is 0 Å². The Morgan fingerprint density at radius 2 is 1.94 bits per heavy atom. The summed E-state index contributed by atoms with van der Waals surface area (Å²) in [5.41, 5.74) is 0. The number of hydrogen-bond acceptors (Lipinski definition) is 4. The Labute approximate surface area is 102 Å². The van der Waals surface area contributed by atoms with Gasteiger partial charge in [-0.05, 0) is 24.7 Å². The van der Waals surface area contributed by atoms with E-state index in [1.165, 1.54) is 0 Å². The third-order valence-corrected chi connectivity index (χ3v) is 6.95. The van der Waals surface area contributed by atoms with Crippen LogP contribution in [0.1, 0.15) is 26.7 Å². The second-order valence-electron chi connectivity index (χ2n) is 5.98. The van der Waals surface area contributed by atoms with Gasteiger partial charge in [0.15, 0.2) is 9.84 Å². The molecule has 0 N–H and O–H groups in total. The molecule has 0 radical (unpaired) electrons. The molecule has 3 fully saturated rings. The van der Waals surface area contributed by atoms with Gasteiger partial charge in [-0.3, -0.25) is 4.79 Å². The number of fused-ring (bicyclic) bond motifs is 1. The lowest BCUT2D eigenvalue weighted by molar-refractivity contribution is -0.157. The first kappa shape index (κ1) is 11.5. The highest BCUT2D eigenvalue weighted by molar-refractivity contribution is 7.92. The summed E-state index contributed by atoms with van der Waals surface area (Å²) >= 11 is 0. The van der Waals surface area contributed by atoms with Crippen LogP contribution in [0.25, 0.3) is 0 Å². The predicted octanol–water partition coefficient (Wildman–Crippen LogP) is 1.01. The van der Waals surface area contributed by atoms with Crippen molar-refractivity contribution < 1.29 is 17.9 Å². The molecule has 3 rings (SSSR count). The minimum absolute atomic E-state index is 0.0754. The second kappa shape index (κ2) is 3.46. The maximum absolute atomic E-state index is 11.9. The quantitative estimate of drug-likeness (QED) is 0.693. The fraction of sp³-hybridized carbons (Fsp3) is 0.917. The first-order valence-corrected chi connectivity index (χ1v) is 8.04. The topological polar surface area (TPSA) is 60.4 Å². The molecule has 5 heteroatoms. The van der Waals surface area contributed by atoms with Crippen LogP contribution in [0.3, 0.4) is 0 Å². The Morgan fingerprint density at radius 1 is 1.24 bits per heavy atom. The van der Waals surface area contributed by atoms with Gasteiger partial charge >= 0.3 is 5.97 Å². The average molecular weight is 258 g/mol. The Bertz CT molecular complexity index is 453. The number of sulfone groups is 1. The van der Waals surface area contributed by atoms with Gasteiger partial charge in [-0.2, -0.15) is 0 Å². The van der Waals surface area contributed by atoms with Crippen LogP contribution in [-0.2, 0) is 19.4 Å². The van der Waals surface area contributed by atoms with E-state index in [1.807, 2.05) is 13.8 Å². The molecule has 5 atom stereocenters. The Kier molecular flexibility index (Phi) is 2.35. The maximum Gasteiger partial charge on any atom is 0.308 e. The molecule has 3 aliphatic rings. The van der Waals surface area contributed by atoms with Gasteiger partial charge in [0.05, 0.1) is 16.9 Å². The summed E-state index contributed by atoms with van der Waals surface area (Å²) in [5, 5.41) is -0.133. The molecule has 1 heterocycles. The van der Waals surface area contributed by atoms with Crippen molar-refractivity contribution in [2.45, 2.75) is 38.0 Å². The zero-order valence-corrected chi connectivity index (χ0v) is 10.9. The smallest absolute Gasteiger partial charge is 0.308 e. The molecule has 1 aliphatic heterocycles. The highest BCUT2D eigenvalue weighted by atomic mass is 32.2. The lowest BCUT2D eigenvalue weighted by Gasteiger charge is -2.27. The molecule has 2 saturated carbocycles. The first-order chi connectivity index (χ1) is 7.90. The number of ether oxygens (including phenoxy) is 1. The van der Waals surface area contributed by atoms with Crippen LogP contribution in [0.5, 0.6) is 0 Å². The number of hydrogen-bond donors (Lipinski definition) is 0. The summed E-state index contributed by atoms with van der Waals surface area (Å²) in [4.78, 5) is 11.6. The van der Waals surface area contributed by atoms with Gasteiger partial charge in [-0.25, -0.2) is 8.42 Å². The summed E-state index contributed by atoms with van der Waals surface area (Å²) in [6, 6.07) is 0. The fourth-order valence-corrected chi connectivity index (χ4v) is 6.47. The van der Waals surface area contributed by atoms with Gasteiger partial charge in [-0.1, -0.05) is 13.8 Å². The monoisotopic (exact) mass is 258 g/mol. The van der Waals surface area contributed by atoms with E-state index in [9.17, 15) is 13.2 Å². The van der Waals surface area contributed by atoms with Crippen molar-refractivity contribution in [3.8, 4) is 0 Å². The van der Waals surface area contributed by atoms with Gasteiger partial charge in [0.2, 0.25) is 0 Å². The molecule has 0 aromatic carbocycles. The molecule has 0 amide bonds. The van der Waals surface area contributed by atoms with Gasteiger partial charge in [0.1, 0.15) is 6.10 Å². The van der Waals surface area contributed by atoms with Crippen LogP contribution in [0.2, 0.25) is 0 Å². The number of esters is 1. The van der Waals surface area contributed by atoms with E-state index in [0.717, 1.165) is 6.42 Å². The number of carbonyl (C=O) groups is 1. The van der Waals surface area contributed by atoms with E-state index in [4.69, 9.17) is 4.74 Å². The normalized spacial score (nSPS) is 45.5. The van der Waals surface area contributed by atoms with Crippen molar-refractivity contribution in [1.82, 2.24) is 0 Å². The third-order valence-electron chi connectivity index (χ3n) is 4.63. The molecule has 0 aromatic heterocycles. The molecule has 17 heavy (non-hydrogen) atoms. The minimum Gasteiger partial charge on any atom is -0.462 e. The van der Waals surface area contributed by atoms with Gasteiger partial charge in [-0.15, -0.1) is 0 Å². The molecular weight excluding hydrogens is 240 g/mol. The molecule has 4 nitrogen and oxygen atoms in total. The third kappa shape index (κ3) is 1.54. The van der Waals surface area contributed by atoms with Crippen LogP contribution in [0.15, 0.2) is 0 Å². The number of carbonyl (C=O) groups excluding carboxylic acids is 1. The maximum atomic E-state index is 11.9. The van der Waals surface area contributed by atoms with Crippen molar-refractivity contribution in [2.24, 2.45) is 23.7 Å². The lowest BCUT2D eigenvalue weighted by atomic mass is 9.88. The molecule has 96 valence electrons. The second-order valence-corrected chi connectivity index (χ2v) is 8.25. The number of rotatable bonds is 2. The molecular formula is C12H18O4S. The predicted molar refractivity (Wildman–Crippen MR) is 62.0 cm³/mol. The minimum atomic E-state index is -2.91. The summed E-state index contributed by atoms with van der Waals surface area (Å²) in [6.45, 7) is 3.62. The first-order valence-electron chi connectivity index (χ1n) is 6.32. The fourth-order valence-electron chi connectivity index (χ4n) is 3.86. The van der Waals surface area contributed by atoms with E-state index in [-0.39, 0.29) is 46.7 Å². The van der Waals surface area contributed by atoms with Gasteiger partial charge in [0, 0.05) is 5.92 Å². The molecule has 5 unspecified atom stereocenters. The highest BCUT2D eigenvalue weighted by Crippen LogP contribution is 2.57. The Morgan fingerprint density at radius 3 is 2.59 bits per heavy atom. The molecule has 2 bridgehead atoms. The van der Waals surface area contributed by atoms with Crippen LogP contribution in [0, 0.1) is 23.7 Å². The van der Waals surface area contributed by atoms with Crippen LogP contribution in [0.4, 0.5) is 0 Å². The van der Waals surface area contributed by atoms with Gasteiger partial charge < -0.3 is 4.74 Å². The van der Waals surface area contributed by atoms with Crippen LogP contribution < -0.4 is 0 Å². The highest BCUT2D eigenvalue weighted by Gasteiger charge is 2.63. The summed E-state index contributed by atoms with van der Waals surface area (Å²) in [6.07, 6.45) is 1.51. The zero-order valence-electron chi connectivity index (χ0n) is 10.1. The van der Waals surface area contributed by atoms with E-state index in [2.05, 4.69) is 0 Å². The van der Waals surface area contributed by atoms with Crippen LogP contribution >= 0.6 is 0 Å². The summed E-state index contributed by atoms with van der Waals surface area (Å²) < 4.78 is 29.3. The molecule has 1 saturated heterocycles. The van der Waals surface area contributed by atoms with Crippen molar-refractivity contribution in [2.75, 3.05) is 5.75 Å². The summed E-state index contributed by atoms with van der Waals surface area (Å²) in [7, 11) is -2.91. The average Bonchev–Trinajstić information content (AvgIpc) is 2.81. The van der Waals surface area contributed by atoms with Crippen molar-refractivity contribution >= 4 is 15.8 Å². The van der Waals surface area contributed by atoms with E-state index >= 15 is 0 Å². The van der Waals surface area contributed by atoms with Gasteiger partial charge in [0.25, 0.3) is 0 Å². The summed E-state index contributed by atoms with van der Waals surface area (Å²) in [5.74, 6) is 0.525.